The molecule has 0 saturated carbocycles. The zero-order chi connectivity index (χ0) is 13.9. The minimum absolute atomic E-state index is 0.598. The molecule has 0 N–H and O–H groups in total. The molecule has 3 rings (SSSR count). The van der Waals surface area contributed by atoms with Crippen LogP contribution < -0.4 is 4.74 Å². The number of nitrogens with zero attached hydrogens (tertiary/aromatic N) is 1. The summed E-state index contributed by atoms with van der Waals surface area (Å²) in [5, 5.41) is 1.02. The molecule has 4 heteroatoms. The topological polar surface area (TPSA) is 39.2 Å². The second kappa shape index (κ2) is 5.43. The number of benzene rings is 2. The molecule has 0 spiro atoms. The highest BCUT2D eigenvalue weighted by Crippen LogP contribution is 2.31. The first-order valence-electron chi connectivity index (χ1n) is 6.03. The van der Waals surface area contributed by atoms with Gasteiger partial charge in [0.05, 0.1) is 16.2 Å². The van der Waals surface area contributed by atoms with E-state index in [1.807, 2.05) is 30.3 Å². The molecule has 0 aliphatic rings. The van der Waals surface area contributed by atoms with E-state index in [-0.39, 0.29) is 0 Å². The quantitative estimate of drug-likeness (QED) is 0.660. The van der Waals surface area contributed by atoms with Gasteiger partial charge in [0, 0.05) is 10.9 Å². The number of hydrogen-bond donors (Lipinski definition) is 0. The molecule has 2 aromatic carbocycles. The molecule has 3 nitrogen and oxygen atoms in total. The summed E-state index contributed by atoms with van der Waals surface area (Å²) in [5.41, 5.74) is 1.52. The molecule has 0 unspecified atom stereocenters. The Morgan fingerprint density at radius 2 is 1.95 bits per heavy atom. The Bertz CT molecular complexity index is 786. The second-order valence-electron chi connectivity index (χ2n) is 4.27. The van der Waals surface area contributed by atoms with Gasteiger partial charge in [-0.3, -0.25) is 9.78 Å². The number of fused-ring (bicyclic) bond motifs is 1. The molecule has 0 amide bonds. The van der Waals surface area contributed by atoms with Gasteiger partial charge in [0.1, 0.15) is 17.8 Å². The Hall–Kier alpha value is -2.20. The fourth-order valence-electron chi connectivity index (χ4n) is 1.91. The number of pyridine rings is 1. The van der Waals surface area contributed by atoms with Crippen LogP contribution in [-0.2, 0) is 0 Å². The normalized spacial score (nSPS) is 10.4. The second-order valence-corrected chi connectivity index (χ2v) is 5.13. The van der Waals surface area contributed by atoms with Crippen molar-refractivity contribution in [3.8, 4) is 11.5 Å². The van der Waals surface area contributed by atoms with E-state index in [1.165, 1.54) is 0 Å². The summed E-state index contributed by atoms with van der Waals surface area (Å²) < 4.78 is 6.52. The lowest BCUT2D eigenvalue weighted by Gasteiger charge is -2.08. The van der Waals surface area contributed by atoms with E-state index in [4.69, 9.17) is 4.74 Å². The third-order valence-corrected chi connectivity index (χ3v) is 3.50. The van der Waals surface area contributed by atoms with E-state index < -0.39 is 0 Å². The van der Waals surface area contributed by atoms with Gasteiger partial charge in [-0.1, -0.05) is 18.2 Å². The van der Waals surface area contributed by atoms with Crippen molar-refractivity contribution in [1.82, 2.24) is 4.98 Å². The summed E-state index contributed by atoms with van der Waals surface area (Å²) in [6.07, 6.45) is 2.48. The third-order valence-electron chi connectivity index (χ3n) is 2.89. The van der Waals surface area contributed by atoms with Crippen molar-refractivity contribution in [3.05, 3.63) is 64.8 Å². The molecule has 0 fully saturated rings. The van der Waals surface area contributed by atoms with Crippen LogP contribution in [0.2, 0.25) is 0 Å². The van der Waals surface area contributed by atoms with Gasteiger partial charge in [0.25, 0.3) is 0 Å². The number of ether oxygens (including phenoxy) is 1. The fraction of sp³-hybridized carbons (Fsp3) is 0. The lowest BCUT2D eigenvalue weighted by Crippen LogP contribution is -1.89. The number of carbonyl (C=O) groups is 1. The monoisotopic (exact) mass is 327 g/mol. The minimum atomic E-state index is 0.598. The van der Waals surface area contributed by atoms with Crippen LogP contribution in [0.1, 0.15) is 10.4 Å². The molecule has 0 bridgehead atoms. The molecule has 98 valence electrons. The van der Waals surface area contributed by atoms with Gasteiger partial charge in [-0.15, -0.1) is 0 Å². The third kappa shape index (κ3) is 2.56. The Kier molecular flexibility index (Phi) is 3.48. The van der Waals surface area contributed by atoms with Crippen molar-refractivity contribution in [2.75, 3.05) is 0 Å². The van der Waals surface area contributed by atoms with Crippen LogP contribution in [0.4, 0.5) is 0 Å². The predicted molar refractivity (Wildman–Crippen MR) is 81.3 cm³/mol. The maximum absolute atomic E-state index is 10.7. The van der Waals surface area contributed by atoms with Gasteiger partial charge in [-0.25, -0.2) is 0 Å². The molecule has 0 atom stereocenters. The lowest BCUT2D eigenvalue weighted by molar-refractivity contribution is 0.112. The number of rotatable bonds is 3. The average molecular weight is 328 g/mol. The van der Waals surface area contributed by atoms with E-state index in [0.29, 0.717) is 17.1 Å². The number of hydrogen-bond acceptors (Lipinski definition) is 3. The molecular formula is C16H10BrNO2. The molecule has 0 aliphatic carbocycles. The first-order chi connectivity index (χ1) is 9.76. The van der Waals surface area contributed by atoms with Crippen molar-refractivity contribution < 1.29 is 9.53 Å². The van der Waals surface area contributed by atoms with Gasteiger partial charge >= 0.3 is 0 Å². The molecule has 1 heterocycles. The number of aldehydes is 1. The molecule has 0 aliphatic heterocycles. The highest BCUT2D eigenvalue weighted by atomic mass is 79.9. The zero-order valence-electron chi connectivity index (χ0n) is 10.4. The zero-order valence-corrected chi connectivity index (χ0v) is 12.0. The van der Waals surface area contributed by atoms with E-state index >= 15 is 0 Å². The molecule has 3 aromatic rings. The van der Waals surface area contributed by atoms with Crippen LogP contribution in [-0.4, -0.2) is 11.3 Å². The molecule has 1 aromatic heterocycles. The van der Waals surface area contributed by atoms with Crippen LogP contribution in [0.15, 0.2) is 59.2 Å². The summed E-state index contributed by atoms with van der Waals surface area (Å²) in [5.74, 6) is 1.30. The van der Waals surface area contributed by atoms with Crippen molar-refractivity contribution in [2.45, 2.75) is 0 Å². The van der Waals surface area contributed by atoms with Crippen LogP contribution >= 0.6 is 15.9 Å². The van der Waals surface area contributed by atoms with Crippen LogP contribution in [0.3, 0.4) is 0 Å². The van der Waals surface area contributed by atoms with Gasteiger partial charge in [0.2, 0.25) is 0 Å². The molecule has 20 heavy (non-hydrogen) atoms. The Labute approximate surface area is 124 Å². The largest absolute Gasteiger partial charge is 0.455 e. The summed E-state index contributed by atoms with van der Waals surface area (Å²) in [4.78, 5) is 15.0. The Balaban J connectivity index is 1.94. The lowest BCUT2D eigenvalue weighted by atomic mass is 10.2. The van der Waals surface area contributed by atoms with Gasteiger partial charge in [-0.2, -0.15) is 0 Å². The Morgan fingerprint density at radius 1 is 1.10 bits per heavy atom. The molecular weight excluding hydrogens is 318 g/mol. The van der Waals surface area contributed by atoms with E-state index in [2.05, 4.69) is 20.9 Å². The number of halogens is 1. The van der Waals surface area contributed by atoms with Crippen molar-refractivity contribution in [2.24, 2.45) is 0 Å². The SMILES string of the molecule is O=Cc1ccc(Oc2cnc3ccccc3c2)c(Br)c1. The average Bonchev–Trinajstić information content (AvgIpc) is 2.49. The van der Waals surface area contributed by atoms with Crippen molar-refractivity contribution in [3.63, 3.8) is 0 Å². The highest BCUT2D eigenvalue weighted by Gasteiger charge is 2.05. The van der Waals surface area contributed by atoms with Gasteiger partial charge in [0.15, 0.2) is 0 Å². The van der Waals surface area contributed by atoms with Gasteiger partial charge < -0.3 is 4.74 Å². The van der Waals surface area contributed by atoms with Crippen LogP contribution in [0.5, 0.6) is 11.5 Å². The predicted octanol–water partition coefficient (Wildman–Crippen LogP) is 4.60. The van der Waals surface area contributed by atoms with Crippen LogP contribution in [0, 0.1) is 0 Å². The summed E-state index contributed by atoms with van der Waals surface area (Å²) in [6, 6.07) is 15.0. The first kappa shape index (κ1) is 12.8. The summed E-state index contributed by atoms with van der Waals surface area (Å²) >= 11 is 3.39. The first-order valence-corrected chi connectivity index (χ1v) is 6.83. The van der Waals surface area contributed by atoms with Crippen molar-refractivity contribution >= 4 is 33.1 Å². The highest BCUT2D eigenvalue weighted by molar-refractivity contribution is 9.10. The standard InChI is InChI=1S/C16H10BrNO2/c17-14-7-11(10-19)5-6-16(14)20-13-8-12-3-1-2-4-15(12)18-9-13/h1-10H. The van der Waals surface area contributed by atoms with Crippen LogP contribution in [0.25, 0.3) is 10.9 Å². The fourth-order valence-corrected chi connectivity index (χ4v) is 2.38. The van der Waals surface area contributed by atoms with Gasteiger partial charge in [-0.05, 0) is 46.3 Å². The number of carbonyl (C=O) groups excluding carboxylic acids is 1. The minimum Gasteiger partial charge on any atom is -0.455 e. The molecule has 0 radical (unpaired) electrons. The van der Waals surface area contributed by atoms with E-state index in [1.54, 1.807) is 24.4 Å². The summed E-state index contributed by atoms with van der Waals surface area (Å²) in [7, 11) is 0. The summed E-state index contributed by atoms with van der Waals surface area (Å²) in [6.45, 7) is 0. The Morgan fingerprint density at radius 3 is 2.75 bits per heavy atom. The maximum Gasteiger partial charge on any atom is 0.150 e. The van der Waals surface area contributed by atoms with E-state index in [0.717, 1.165) is 21.7 Å². The van der Waals surface area contributed by atoms with Crippen molar-refractivity contribution in [1.29, 1.82) is 0 Å². The maximum atomic E-state index is 10.7. The number of aromatic nitrogens is 1. The number of para-hydroxylation sites is 1. The molecule has 0 saturated heterocycles. The van der Waals surface area contributed by atoms with E-state index in [9.17, 15) is 4.79 Å². The smallest absolute Gasteiger partial charge is 0.150 e.